The Morgan fingerprint density at radius 1 is 1.08 bits per heavy atom. The van der Waals surface area contributed by atoms with Crippen molar-refractivity contribution in [3.05, 3.63) is 69.6 Å². The molecule has 3 N–H and O–H groups in total. The predicted molar refractivity (Wildman–Crippen MR) is 139 cm³/mol. The number of nitrogen functional groups attached to an aromatic ring is 1. The maximum atomic E-state index is 13.7. The Morgan fingerprint density at radius 3 is 2.59 bits per heavy atom. The molecule has 0 aliphatic carbocycles. The number of hydrogen-bond donors (Lipinski definition) is 2. The molecule has 12 heteroatoms. The van der Waals surface area contributed by atoms with Gasteiger partial charge in [0, 0.05) is 42.8 Å². The molecule has 0 radical (unpaired) electrons. The van der Waals surface area contributed by atoms with Gasteiger partial charge in [0.2, 0.25) is 0 Å². The Bertz CT molecular complexity index is 1230. The van der Waals surface area contributed by atoms with E-state index in [0.717, 1.165) is 32.8 Å². The summed E-state index contributed by atoms with van der Waals surface area (Å²) in [7, 11) is 0. The van der Waals surface area contributed by atoms with E-state index in [1.54, 1.807) is 24.3 Å². The molecule has 9 nitrogen and oxygen atoms in total. The summed E-state index contributed by atoms with van der Waals surface area (Å²) in [6, 6.07) is 11.0. The van der Waals surface area contributed by atoms with Crippen LogP contribution in [-0.2, 0) is 11.2 Å². The Hall–Kier alpha value is -3.18. The van der Waals surface area contributed by atoms with E-state index in [4.69, 9.17) is 43.1 Å². The first-order valence-electron chi connectivity index (χ1n) is 11.6. The van der Waals surface area contributed by atoms with Crippen LogP contribution < -0.4 is 20.5 Å². The molecule has 1 aliphatic heterocycles. The van der Waals surface area contributed by atoms with Crippen molar-refractivity contribution in [3.8, 4) is 11.5 Å². The molecule has 1 aromatic heterocycles. The molecule has 2 aromatic carbocycles. The van der Waals surface area contributed by atoms with Crippen molar-refractivity contribution in [1.29, 1.82) is 0 Å². The van der Waals surface area contributed by atoms with Crippen molar-refractivity contribution in [2.45, 2.75) is 6.42 Å². The first-order chi connectivity index (χ1) is 17.9. The van der Waals surface area contributed by atoms with Gasteiger partial charge >= 0.3 is 0 Å². The third-order valence-corrected chi connectivity index (χ3v) is 6.42. The maximum Gasteiger partial charge on any atom is 0.276 e. The van der Waals surface area contributed by atoms with E-state index in [-0.39, 0.29) is 35.3 Å². The Kier molecular flexibility index (Phi) is 9.34. The van der Waals surface area contributed by atoms with E-state index in [0.29, 0.717) is 28.6 Å². The number of nitrogens with one attached hydrogen (secondary N) is 1. The summed E-state index contributed by atoms with van der Waals surface area (Å²) in [6.45, 7) is 4.78. The summed E-state index contributed by atoms with van der Waals surface area (Å²) in [5, 5.41) is 10.7. The van der Waals surface area contributed by atoms with E-state index in [2.05, 4.69) is 20.4 Å². The highest BCUT2D eigenvalue weighted by Crippen LogP contribution is 2.28. The molecular weight excluding hydrogens is 524 g/mol. The highest BCUT2D eigenvalue weighted by atomic mass is 35.5. The maximum absolute atomic E-state index is 13.7. The zero-order valence-electron chi connectivity index (χ0n) is 19.9. The SMILES string of the molecule is Nc1nnc(C(=O)Nc2ccc(OCCN3CCOCC3)cc2)cc1OCCc1c(Cl)ccc(F)c1Cl. The normalized spacial score (nSPS) is 13.8. The fourth-order valence-corrected chi connectivity index (χ4v) is 4.18. The topological polar surface area (TPSA) is 112 Å². The van der Waals surface area contributed by atoms with Gasteiger partial charge in [0.15, 0.2) is 17.3 Å². The summed E-state index contributed by atoms with van der Waals surface area (Å²) < 4.78 is 30.5. The van der Waals surface area contributed by atoms with E-state index in [9.17, 15) is 9.18 Å². The van der Waals surface area contributed by atoms with Crippen LogP contribution in [-0.4, -0.2) is 67.1 Å². The van der Waals surface area contributed by atoms with Crippen molar-refractivity contribution in [2.24, 2.45) is 0 Å². The summed E-state index contributed by atoms with van der Waals surface area (Å²) in [4.78, 5) is 15.0. The van der Waals surface area contributed by atoms with Crippen LogP contribution in [0.5, 0.6) is 11.5 Å². The molecule has 4 rings (SSSR count). The van der Waals surface area contributed by atoms with Crippen LogP contribution in [0.25, 0.3) is 0 Å². The monoisotopic (exact) mass is 549 g/mol. The second-order valence-corrected chi connectivity index (χ2v) is 8.97. The van der Waals surface area contributed by atoms with Gasteiger partial charge in [-0.1, -0.05) is 23.2 Å². The smallest absolute Gasteiger partial charge is 0.276 e. The first kappa shape index (κ1) is 26.9. The lowest BCUT2D eigenvalue weighted by Crippen LogP contribution is -2.38. The predicted octanol–water partition coefficient (Wildman–Crippen LogP) is 4.09. The molecule has 0 atom stereocenters. The molecule has 0 bridgehead atoms. The Balaban J connectivity index is 1.29. The summed E-state index contributed by atoms with van der Waals surface area (Å²) in [5.41, 5.74) is 6.82. The van der Waals surface area contributed by atoms with E-state index < -0.39 is 11.7 Å². The van der Waals surface area contributed by atoms with E-state index in [1.807, 2.05) is 0 Å². The van der Waals surface area contributed by atoms with Gasteiger partial charge in [-0.3, -0.25) is 9.69 Å². The van der Waals surface area contributed by atoms with Gasteiger partial charge in [-0.05, 0) is 42.0 Å². The number of aromatic nitrogens is 2. The summed E-state index contributed by atoms with van der Waals surface area (Å²) in [5.74, 6) is -0.195. The number of nitrogens with two attached hydrogens (primary N) is 1. The van der Waals surface area contributed by atoms with Gasteiger partial charge in [0.1, 0.15) is 18.2 Å². The van der Waals surface area contributed by atoms with Crippen molar-refractivity contribution in [2.75, 3.05) is 57.1 Å². The van der Waals surface area contributed by atoms with Gasteiger partial charge in [-0.15, -0.1) is 10.2 Å². The Morgan fingerprint density at radius 2 is 1.84 bits per heavy atom. The minimum absolute atomic E-state index is 0.00608. The number of carbonyl (C=O) groups is 1. The second-order valence-electron chi connectivity index (χ2n) is 8.18. The van der Waals surface area contributed by atoms with Crippen LogP contribution in [0.1, 0.15) is 16.1 Å². The third-order valence-electron chi connectivity index (χ3n) is 5.66. The van der Waals surface area contributed by atoms with Gasteiger partial charge in [0.05, 0.1) is 24.8 Å². The van der Waals surface area contributed by atoms with Gasteiger partial charge in [-0.25, -0.2) is 4.39 Å². The van der Waals surface area contributed by atoms with Crippen molar-refractivity contribution in [1.82, 2.24) is 15.1 Å². The van der Waals surface area contributed by atoms with Crippen molar-refractivity contribution in [3.63, 3.8) is 0 Å². The molecule has 1 aliphatic rings. The minimum atomic E-state index is -0.572. The lowest BCUT2D eigenvalue weighted by molar-refractivity contribution is 0.0322. The van der Waals surface area contributed by atoms with Gasteiger partial charge in [0.25, 0.3) is 5.91 Å². The number of hydrogen-bond acceptors (Lipinski definition) is 8. The summed E-state index contributed by atoms with van der Waals surface area (Å²) in [6.07, 6.45) is 0.222. The first-order valence-corrected chi connectivity index (χ1v) is 12.4. The van der Waals surface area contributed by atoms with Gasteiger partial charge < -0.3 is 25.3 Å². The lowest BCUT2D eigenvalue weighted by atomic mass is 10.1. The van der Waals surface area contributed by atoms with Crippen molar-refractivity contribution < 1.29 is 23.4 Å². The highest BCUT2D eigenvalue weighted by molar-refractivity contribution is 6.36. The van der Waals surface area contributed by atoms with Crippen LogP contribution in [0, 0.1) is 5.82 Å². The number of nitrogens with zero attached hydrogens (tertiary/aromatic N) is 3. The number of rotatable bonds is 10. The lowest BCUT2D eigenvalue weighted by Gasteiger charge is -2.26. The van der Waals surface area contributed by atoms with Crippen LogP contribution >= 0.6 is 23.2 Å². The largest absolute Gasteiger partial charge is 0.492 e. The molecule has 196 valence electrons. The Labute approximate surface area is 223 Å². The molecule has 1 amide bonds. The summed E-state index contributed by atoms with van der Waals surface area (Å²) >= 11 is 12.1. The number of ether oxygens (including phenoxy) is 3. The van der Waals surface area contributed by atoms with Crippen molar-refractivity contribution >= 4 is 40.6 Å². The molecule has 1 saturated heterocycles. The van der Waals surface area contributed by atoms with Crippen LogP contribution in [0.2, 0.25) is 10.0 Å². The third kappa shape index (κ3) is 7.42. The molecule has 37 heavy (non-hydrogen) atoms. The van der Waals surface area contributed by atoms with E-state index in [1.165, 1.54) is 18.2 Å². The number of anilines is 2. The molecule has 2 heterocycles. The minimum Gasteiger partial charge on any atom is -0.492 e. The molecule has 0 spiro atoms. The molecule has 0 saturated carbocycles. The molecular formula is C25H26Cl2FN5O4. The second kappa shape index (κ2) is 12.9. The number of halogens is 3. The van der Waals surface area contributed by atoms with Gasteiger partial charge in [-0.2, -0.15) is 0 Å². The fourth-order valence-electron chi connectivity index (χ4n) is 3.62. The fraction of sp³-hybridized carbons (Fsp3) is 0.320. The zero-order valence-corrected chi connectivity index (χ0v) is 21.4. The zero-order chi connectivity index (χ0) is 26.2. The number of amides is 1. The highest BCUT2D eigenvalue weighted by Gasteiger charge is 2.15. The number of morpholine rings is 1. The quantitative estimate of drug-likeness (QED) is 0.363. The van der Waals surface area contributed by atoms with Crippen LogP contribution in [0.3, 0.4) is 0 Å². The van der Waals surface area contributed by atoms with Crippen LogP contribution in [0.4, 0.5) is 15.9 Å². The molecule has 3 aromatic rings. The van der Waals surface area contributed by atoms with Crippen LogP contribution in [0.15, 0.2) is 42.5 Å². The average Bonchev–Trinajstić information content (AvgIpc) is 2.91. The number of benzene rings is 2. The van der Waals surface area contributed by atoms with E-state index >= 15 is 0 Å². The standard InChI is InChI=1S/C25H26Cl2FN5O4/c26-19-5-6-20(28)23(27)18(19)7-11-37-22-15-21(31-32-24(22)29)25(34)30-16-1-3-17(4-2-16)36-14-10-33-8-12-35-13-9-33/h1-6,15H,7-14H2,(H2,29,32)(H,30,34). The average molecular weight is 550 g/mol. The molecule has 0 unspecified atom stereocenters. The number of carbonyl (C=O) groups excluding carboxylic acids is 1. The molecule has 1 fully saturated rings.